The molecule has 0 amide bonds. The van der Waals surface area contributed by atoms with E-state index < -0.39 is 0 Å². The number of rotatable bonds is 7. The number of nitrogens with one attached hydrogen (secondary N) is 1. The van der Waals surface area contributed by atoms with Crippen molar-refractivity contribution in [2.24, 2.45) is 17.3 Å². The molecular weight excluding hydrogens is 300 g/mol. The number of fused-ring (bicyclic) bond motifs is 1. The zero-order valence-corrected chi connectivity index (χ0v) is 14.8. The van der Waals surface area contributed by atoms with Gasteiger partial charge >= 0.3 is 0 Å². The van der Waals surface area contributed by atoms with E-state index in [1.165, 1.54) is 57.5 Å². The normalized spacial score (nSPS) is 28.5. The van der Waals surface area contributed by atoms with Crippen LogP contribution in [0.1, 0.15) is 24.8 Å². The molecule has 24 heavy (non-hydrogen) atoms. The Morgan fingerprint density at radius 1 is 1.21 bits per heavy atom. The molecule has 0 aromatic heterocycles. The van der Waals surface area contributed by atoms with E-state index in [0.29, 0.717) is 12.0 Å². The predicted molar refractivity (Wildman–Crippen MR) is 95.2 cm³/mol. The number of methoxy groups -OCH3 is 1. The van der Waals surface area contributed by atoms with E-state index in [9.17, 15) is 0 Å². The van der Waals surface area contributed by atoms with Gasteiger partial charge in [0.1, 0.15) is 5.75 Å². The second-order valence-electron chi connectivity index (χ2n) is 8.10. The van der Waals surface area contributed by atoms with Crippen molar-refractivity contribution in [1.82, 2.24) is 10.2 Å². The molecule has 1 N–H and O–H groups in total. The Balaban J connectivity index is 1.33. The zero-order valence-electron chi connectivity index (χ0n) is 14.8. The molecule has 0 bridgehead atoms. The highest BCUT2D eigenvalue weighted by molar-refractivity contribution is 5.28. The molecule has 4 nitrogen and oxygen atoms in total. The minimum absolute atomic E-state index is 0.378. The fraction of sp³-hybridized carbons (Fsp3) is 0.700. The summed E-state index contributed by atoms with van der Waals surface area (Å²) in [6.45, 7) is 7.72. The van der Waals surface area contributed by atoms with Crippen LogP contribution in [0.2, 0.25) is 0 Å². The Hall–Kier alpha value is -1.10. The number of nitrogens with zero attached hydrogens (tertiary/aromatic N) is 1. The summed E-state index contributed by atoms with van der Waals surface area (Å²) in [6, 6.07) is 8.33. The van der Waals surface area contributed by atoms with Crippen molar-refractivity contribution in [1.29, 1.82) is 0 Å². The van der Waals surface area contributed by atoms with E-state index in [1.807, 2.05) is 0 Å². The maximum atomic E-state index is 6.21. The van der Waals surface area contributed by atoms with Crippen molar-refractivity contribution < 1.29 is 9.47 Å². The van der Waals surface area contributed by atoms with Crippen LogP contribution in [0.25, 0.3) is 0 Å². The largest absolute Gasteiger partial charge is 0.493 e. The number of hydrogen-bond acceptors (Lipinski definition) is 4. The molecule has 1 aromatic rings. The minimum atomic E-state index is 0.378. The topological polar surface area (TPSA) is 33.7 Å². The van der Waals surface area contributed by atoms with Crippen LogP contribution in [-0.4, -0.2) is 51.3 Å². The lowest BCUT2D eigenvalue weighted by atomic mass is 9.69. The Morgan fingerprint density at radius 3 is 2.67 bits per heavy atom. The summed E-state index contributed by atoms with van der Waals surface area (Å²) in [4.78, 5) is 2.71. The fourth-order valence-corrected chi connectivity index (χ4v) is 4.71. The van der Waals surface area contributed by atoms with E-state index >= 15 is 0 Å². The van der Waals surface area contributed by atoms with Gasteiger partial charge in [0, 0.05) is 32.2 Å². The van der Waals surface area contributed by atoms with Gasteiger partial charge in [-0.05, 0) is 55.5 Å². The minimum Gasteiger partial charge on any atom is -0.493 e. The lowest BCUT2D eigenvalue weighted by molar-refractivity contribution is 0.0224. The summed E-state index contributed by atoms with van der Waals surface area (Å²) in [5, 5.41) is 3.54. The lowest BCUT2D eigenvalue weighted by Crippen LogP contribution is -2.46. The van der Waals surface area contributed by atoms with Gasteiger partial charge < -0.3 is 19.7 Å². The van der Waals surface area contributed by atoms with Gasteiger partial charge in [0.2, 0.25) is 0 Å². The summed E-state index contributed by atoms with van der Waals surface area (Å²) in [6.07, 6.45) is 3.99. The Bertz CT molecular complexity index is 546. The van der Waals surface area contributed by atoms with E-state index in [2.05, 4.69) is 34.5 Å². The first-order chi connectivity index (χ1) is 11.8. The van der Waals surface area contributed by atoms with Gasteiger partial charge in [0.15, 0.2) is 0 Å². The van der Waals surface area contributed by atoms with Crippen molar-refractivity contribution in [2.75, 3.05) is 46.4 Å². The van der Waals surface area contributed by atoms with Crippen LogP contribution < -0.4 is 10.1 Å². The highest BCUT2D eigenvalue weighted by Crippen LogP contribution is 2.43. The summed E-state index contributed by atoms with van der Waals surface area (Å²) in [7, 11) is 1.73. The highest BCUT2D eigenvalue weighted by Gasteiger charge is 2.43. The van der Waals surface area contributed by atoms with E-state index in [-0.39, 0.29) is 0 Å². The summed E-state index contributed by atoms with van der Waals surface area (Å²) < 4.78 is 11.4. The van der Waals surface area contributed by atoms with Crippen LogP contribution in [0.4, 0.5) is 0 Å². The predicted octanol–water partition coefficient (Wildman–Crippen LogP) is 2.53. The molecule has 4 heteroatoms. The molecule has 2 atom stereocenters. The Morgan fingerprint density at radius 2 is 2.00 bits per heavy atom. The second-order valence-corrected chi connectivity index (χ2v) is 8.10. The number of benzene rings is 1. The molecule has 1 aliphatic carbocycles. The van der Waals surface area contributed by atoms with E-state index in [1.54, 1.807) is 7.11 Å². The lowest BCUT2D eigenvalue weighted by Gasteiger charge is -2.44. The first kappa shape index (κ1) is 16.4. The molecule has 0 radical (unpaired) electrons. The van der Waals surface area contributed by atoms with Crippen molar-refractivity contribution >= 4 is 0 Å². The maximum Gasteiger partial charge on any atom is 0.119 e. The molecule has 4 rings (SSSR count). The molecule has 0 unspecified atom stereocenters. The Labute approximate surface area is 145 Å². The van der Waals surface area contributed by atoms with Crippen molar-refractivity contribution in [3.05, 3.63) is 29.8 Å². The summed E-state index contributed by atoms with van der Waals surface area (Å²) >= 11 is 0. The van der Waals surface area contributed by atoms with Gasteiger partial charge in [-0.25, -0.2) is 0 Å². The monoisotopic (exact) mass is 330 g/mol. The quantitative estimate of drug-likeness (QED) is 0.833. The molecule has 2 saturated heterocycles. The van der Waals surface area contributed by atoms with Gasteiger partial charge in [-0.2, -0.15) is 0 Å². The maximum absolute atomic E-state index is 6.21. The fourth-order valence-electron chi connectivity index (χ4n) is 4.71. The highest BCUT2D eigenvalue weighted by atomic mass is 16.5. The SMILES string of the molecule is COCc1cccc(OCC2(CN3C[C@H]4CNC[C@H]4C3)CCC2)c1. The molecule has 1 aromatic carbocycles. The third-order valence-corrected chi connectivity index (χ3v) is 6.19. The van der Waals surface area contributed by atoms with E-state index in [0.717, 1.165) is 24.2 Å². The van der Waals surface area contributed by atoms with E-state index in [4.69, 9.17) is 9.47 Å². The summed E-state index contributed by atoms with van der Waals surface area (Å²) in [5.74, 6) is 2.75. The number of ether oxygens (including phenoxy) is 2. The smallest absolute Gasteiger partial charge is 0.119 e. The average Bonchev–Trinajstić information content (AvgIpc) is 3.12. The number of likely N-dealkylation sites (tertiary alicyclic amines) is 1. The van der Waals surface area contributed by atoms with Crippen LogP contribution in [0.5, 0.6) is 5.75 Å². The van der Waals surface area contributed by atoms with Crippen LogP contribution in [0.3, 0.4) is 0 Å². The van der Waals surface area contributed by atoms with Gasteiger partial charge in [0.25, 0.3) is 0 Å². The van der Waals surface area contributed by atoms with Crippen molar-refractivity contribution in [2.45, 2.75) is 25.9 Å². The van der Waals surface area contributed by atoms with Crippen LogP contribution >= 0.6 is 0 Å². The molecular formula is C20H30N2O2. The molecule has 2 heterocycles. The summed E-state index contributed by atoms with van der Waals surface area (Å²) in [5.41, 5.74) is 1.56. The zero-order chi connectivity index (χ0) is 16.4. The third-order valence-electron chi connectivity index (χ3n) is 6.19. The first-order valence-corrected chi connectivity index (χ1v) is 9.40. The molecule has 3 fully saturated rings. The van der Waals surface area contributed by atoms with Crippen LogP contribution in [0, 0.1) is 17.3 Å². The van der Waals surface area contributed by atoms with Gasteiger partial charge in [-0.3, -0.25) is 0 Å². The van der Waals surface area contributed by atoms with Gasteiger partial charge in [0.05, 0.1) is 13.2 Å². The standard InChI is InChI=1S/C20H30N2O2/c1-23-13-16-4-2-5-19(8-16)24-15-20(6-3-7-20)14-22-11-17-9-21-10-18(17)12-22/h2,4-5,8,17-18,21H,3,6-7,9-15H2,1H3/t17-,18+. The second kappa shape index (κ2) is 7.03. The third kappa shape index (κ3) is 3.46. The van der Waals surface area contributed by atoms with Crippen LogP contribution in [0.15, 0.2) is 24.3 Å². The van der Waals surface area contributed by atoms with Crippen LogP contribution in [-0.2, 0) is 11.3 Å². The molecule has 2 aliphatic heterocycles. The number of hydrogen-bond donors (Lipinski definition) is 1. The molecule has 3 aliphatic rings. The molecule has 0 spiro atoms. The Kier molecular flexibility index (Phi) is 4.79. The van der Waals surface area contributed by atoms with Crippen molar-refractivity contribution in [3.63, 3.8) is 0 Å². The van der Waals surface area contributed by atoms with Gasteiger partial charge in [-0.15, -0.1) is 0 Å². The molecule has 132 valence electrons. The van der Waals surface area contributed by atoms with Crippen molar-refractivity contribution in [3.8, 4) is 5.75 Å². The average molecular weight is 330 g/mol. The molecule has 1 saturated carbocycles. The first-order valence-electron chi connectivity index (χ1n) is 9.40. The van der Waals surface area contributed by atoms with Gasteiger partial charge in [-0.1, -0.05) is 18.6 Å².